The van der Waals surface area contributed by atoms with Crippen LogP contribution in [0.3, 0.4) is 0 Å². The molecule has 0 bridgehead atoms. The summed E-state index contributed by atoms with van der Waals surface area (Å²) in [6, 6.07) is 15.8. The van der Waals surface area contributed by atoms with Crippen LogP contribution in [-0.2, 0) is 0 Å². The lowest BCUT2D eigenvalue weighted by Gasteiger charge is -2.08. The van der Waals surface area contributed by atoms with Gasteiger partial charge in [0.05, 0.1) is 18.3 Å². The molecule has 0 aliphatic carbocycles. The summed E-state index contributed by atoms with van der Waals surface area (Å²) in [5.41, 5.74) is 1.91. The molecular formula is C14H13N3O. The third-order valence-corrected chi connectivity index (χ3v) is 2.83. The van der Waals surface area contributed by atoms with Gasteiger partial charge in [-0.3, -0.25) is 5.10 Å². The zero-order valence-corrected chi connectivity index (χ0v) is 9.97. The summed E-state index contributed by atoms with van der Waals surface area (Å²) >= 11 is 0. The number of nitrogens with one attached hydrogen (secondary N) is 2. The van der Waals surface area contributed by atoms with Gasteiger partial charge in [0, 0.05) is 5.39 Å². The average molecular weight is 239 g/mol. The van der Waals surface area contributed by atoms with Gasteiger partial charge in [0.25, 0.3) is 0 Å². The van der Waals surface area contributed by atoms with E-state index in [1.807, 2.05) is 48.5 Å². The van der Waals surface area contributed by atoms with Crippen molar-refractivity contribution in [1.82, 2.24) is 10.2 Å². The van der Waals surface area contributed by atoms with Crippen molar-refractivity contribution >= 4 is 22.4 Å². The Labute approximate surface area is 105 Å². The average Bonchev–Trinajstić information content (AvgIpc) is 2.83. The highest BCUT2D eigenvalue weighted by molar-refractivity contribution is 5.91. The first-order valence-corrected chi connectivity index (χ1v) is 5.71. The molecule has 3 aromatic rings. The minimum Gasteiger partial charge on any atom is -0.495 e. The second-order valence-corrected chi connectivity index (χ2v) is 3.94. The number of aromatic amines is 1. The zero-order chi connectivity index (χ0) is 12.4. The minimum atomic E-state index is 0.796. The van der Waals surface area contributed by atoms with Crippen molar-refractivity contribution in [1.29, 1.82) is 0 Å². The van der Waals surface area contributed by atoms with Gasteiger partial charge in [-0.15, -0.1) is 0 Å². The molecule has 1 aromatic heterocycles. The largest absolute Gasteiger partial charge is 0.495 e. The summed E-state index contributed by atoms with van der Waals surface area (Å²) in [6.45, 7) is 0. The van der Waals surface area contributed by atoms with Gasteiger partial charge in [-0.05, 0) is 24.3 Å². The van der Waals surface area contributed by atoms with E-state index in [2.05, 4.69) is 15.5 Å². The van der Waals surface area contributed by atoms with Gasteiger partial charge in [-0.25, -0.2) is 0 Å². The Balaban J connectivity index is 2.01. The fourth-order valence-electron chi connectivity index (χ4n) is 1.93. The molecule has 0 aliphatic rings. The molecule has 3 rings (SSSR count). The summed E-state index contributed by atoms with van der Waals surface area (Å²) in [7, 11) is 1.66. The summed E-state index contributed by atoms with van der Waals surface area (Å²) in [4.78, 5) is 0. The van der Waals surface area contributed by atoms with E-state index in [0.717, 1.165) is 28.2 Å². The number of nitrogens with zero attached hydrogens (tertiary/aromatic N) is 1. The van der Waals surface area contributed by atoms with E-state index in [9.17, 15) is 0 Å². The van der Waals surface area contributed by atoms with Crippen LogP contribution in [0.5, 0.6) is 5.75 Å². The van der Waals surface area contributed by atoms with Gasteiger partial charge in [0.2, 0.25) is 0 Å². The number of hydrogen-bond donors (Lipinski definition) is 2. The predicted molar refractivity (Wildman–Crippen MR) is 72.4 cm³/mol. The smallest absolute Gasteiger partial charge is 0.160 e. The molecule has 2 aromatic carbocycles. The summed E-state index contributed by atoms with van der Waals surface area (Å²) in [5, 5.41) is 11.6. The molecule has 90 valence electrons. The first-order valence-electron chi connectivity index (χ1n) is 5.71. The number of rotatable bonds is 3. The van der Waals surface area contributed by atoms with Crippen molar-refractivity contribution in [3.8, 4) is 5.75 Å². The fraction of sp³-hybridized carbons (Fsp3) is 0.0714. The molecule has 0 saturated carbocycles. The number of hydrogen-bond acceptors (Lipinski definition) is 3. The van der Waals surface area contributed by atoms with Gasteiger partial charge in [-0.1, -0.05) is 24.3 Å². The molecule has 1 heterocycles. The molecule has 0 atom stereocenters. The lowest BCUT2D eigenvalue weighted by molar-refractivity contribution is 0.417. The molecule has 2 N–H and O–H groups in total. The van der Waals surface area contributed by atoms with Crippen molar-refractivity contribution < 1.29 is 4.74 Å². The maximum Gasteiger partial charge on any atom is 0.160 e. The molecule has 0 fully saturated rings. The normalized spacial score (nSPS) is 10.5. The van der Waals surface area contributed by atoms with Crippen molar-refractivity contribution in [3.63, 3.8) is 0 Å². The van der Waals surface area contributed by atoms with E-state index < -0.39 is 0 Å². The number of benzene rings is 2. The van der Waals surface area contributed by atoms with Gasteiger partial charge in [0.15, 0.2) is 5.82 Å². The topological polar surface area (TPSA) is 49.9 Å². The zero-order valence-electron chi connectivity index (χ0n) is 9.97. The molecule has 18 heavy (non-hydrogen) atoms. The predicted octanol–water partition coefficient (Wildman–Crippen LogP) is 3.32. The van der Waals surface area contributed by atoms with Crippen LogP contribution in [0.2, 0.25) is 0 Å². The lowest BCUT2D eigenvalue weighted by Crippen LogP contribution is -1.94. The fourth-order valence-corrected chi connectivity index (χ4v) is 1.93. The third-order valence-electron chi connectivity index (χ3n) is 2.83. The maximum atomic E-state index is 5.31. The number of methoxy groups -OCH3 is 1. The molecule has 0 saturated heterocycles. The molecular weight excluding hydrogens is 226 g/mol. The number of ether oxygens (including phenoxy) is 1. The van der Waals surface area contributed by atoms with E-state index in [-0.39, 0.29) is 0 Å². The van der Waals surface area contributed by atoms with E-state index in [4.69, 9.17) is 4.74 Å². The van der Waals surface area contributed by atoms with Crippen LogP contribution in [0.15, 0.2) is 48.5 Å². The van der Waals surface area contributed by atoms with Crippen LogP contribution in [0.1, 0.15) is 0 Å². The van der Waals surface area contributed by atoms with Gasteiger partial charge in [-0.2, -0.15) is 5.10 Å². The molecule has 0 spiro atoms. The Kier molecular flexibility index (Phi) is 2.61. The first kappa shape index (κ1) is 10.7. The second kappa shape index (κ2) is 4.41. The van der Waals surface area contributed by atoms with Crippen LogP contribution in [-0.4, -0.2) is 17.3 Å². The van der Waals surface area contributed by atoms with Crippen LogP contribution in [0, 0.1) is 0 Å². The maximum absolute atomic E-state index is 5.31. The molecule has 0 radical (unpaired) electrons. The van der Waals surface area contributed by atoms with Crippen LogP contribution < -0.4 is 10.1 Å². The van der Waals surface area contributed by atoms with E-state index >= 15 is 0 Å². The van der Waals surface area contributed by atoms with Crippen molar-refractivity contribution in [3.05, 3.63) is 48.5 Å². The summed E-state index contributed by atoms with van der Waals surface area (Å²) in [5.74, 6) is 1.60. The van der Waals surface area contributed by atoms with Gasteiger partial charge < -0.3 is 10.1 Å². The molecule has 0 amide bonds. The summed E-state index contributed by atoms with van der Waals surface area (Å²) in [6.07, 6.45) is 0. The number of para-hydroxylation sites is 3. The van der Waals surface area contributed by atoms with Crippen LogP contribution in [0.25, 0.3) is 10.9 Å². The summed E-state index contributed by atoms with van der Waals surface area (Å²) < 4.78 is 5.31. The number of fused-ring (bicyclic) bond motifs is 1. The Bertz CT molecular complexity index is 675. The van der Waals surface area contributed by atoms with E-state index in [1.54, 1.807) is 7.11 Å². The minimum absolute atomic E-state index is 0.796. The van der Waals surface area contributed by atoms with E-state index in [1.165, 1.54) is 0 Å². The van der Waals surface area contributed by atoms with Crippen molar-refractivity contribution in [2.45, 2.75) is 0 Å². The lowest BCUT2D eigenvalue weighted by atomic mass is 10.2. The Morgan fingerprint density at radius 1 is 1.06 bits per heavy atom. The van der Waals surface area contributed by atoms with Crippen LogP contribution >= 0.6 is 0 Å². The number of H-pyrrole nitrogens is 1. The standard InChI is InChI=1S/C14H13N3O/c1-18-13-9-5-4-8-12(13)15-14-10-6-2-3-7-11(10)16-17-14/h2-9H,1H3,(H2,15,16,17). The Morgan fingerprint density at radius 2 is 1.83 bits per heavy atom. The molecule has 0 aliphatic heterocycles. The van der Waals surface area contributed by atoms with Crippen molar-refractivity contribution in [2.75, 3.05) is 12.4 Å². The quantitative estimate of drug-likeness (QED) is 0.737. The Morgan fingerprint density at radius 3 is 2.72 bits per heavy atom. The SMILES string of the molecule is COc1ccccc1Nc1n[nH]c2ccccc12. The highest BCUT2D eigenvalue weighted by Gasteiger charge is 2.07. The first-order chi connectivity index (χ1) is 8.88. The molecule has 4 heteroatoms. The monoisotopic (exact) mass is 239 g/mol. The highest BCUT2D eigenvalue weighted by atomic mass is 16.5. The van der Waals surface area contributed by atoms with Crippen molar-refractivity contribution in [2.24, 2.45) is 0 Å². The van der Waals surface area contributed by atoms with Gasteiger partial charge in [0.1, 0.15) is 5.75 Å². The highest BCUT2D eigenvalue weighted by Crippen LogP contribution is 2.29. The van der Waals surface area contributed by atoms with Crippen LogP contribution in [0.4, 0.5) is 11.5 Å². The van der Waals surface area contributed by atoms with Gasteiger partial charge >= 0.3 is 0 Å². The molecule has 0 unspecified atom stereocenters. The second-order valence-electron chi connectivity index (χ2n) is 3.94. The number of aromatic nitrogens is 2. The number of anilines is 2. The third kappa shape index (κ3) is 1.78. The van der Waals surface area contributed by atoms with E-state index in [0.29, 0.717) is 0 Å². The Hall–Kier alpha value is -2.49. The molecule has 4 nitrogen and oxygen atoms in total.